The molecule has 0 saturated carbocycles. The minimum atomic E-state index is 0.0459. The highest BCUT2D eigenvalue weighted by Crippen LogP contribution is 2.07. The molecule has 0 N–H and O–H groups in total. The number of rotatable bonds is 8. The Kier molecular flexibility index (Phi) is 8.85. The van der Waals surface area contributed by atoms with Gasteiger partial charge in [-0.2, -0.15) is 0 Å². The molecule has 1 aromatic carbocycles. The predicted molar refractivity (Wildman–Crippen MR) is 81.4 cm³/mol. The standard InChI is InChI=1S/C17H21ClO/c18-15-9-4-2-1-3-8-12-17(19)14-13-16-10-6-5-7-11-16/h5-7,10-11H,1-4,8-9,12,15H2. The van der Waals surface area contributed by atoms with Gasteiger partial charge in [-0.15, -0.1) is 11.6 Å². The number of hydrogen-bond acceptors (Lipinski definition) is 1. The van der Waals surface area contributed by atoms with Crippen molar-refractivity contribution >= 4 is 17.4 Å². The van der Waals surface area contributed by atoms with Gasteiger partial charge in [-0.1, -0.05) is 49.8 Å². The molecule has 0 aromatic heterocycles. The van der Waals surface area contributed by atoms with E-state index in [-0.39, 0.29) is 5.78 Å². The summed E-state index contributed by atoms with van der Waals surface area (Å²) in [6.07, 6.45) is 7.35. The Bertz CT molecular complexity index is 414. The highest BCUT2D eigenvalue weighted by Gasteiger charge is 1.97. The molecule has 1 rings (SSSR count). The van der Waals surface area contributed by atoms with Gasteiger partial charge >= 0.3 is 0 Å². The van der Waals surface area contributed by atoms with Crippen molar-refractivity contribution in [1.29, 1.82) is 0 Å². The van der Waals surface area contributed by atoms with Crippen LogP contribution in [0, 0.1) is 11.8 Å². The van der Waals surface area contributed by atoms with Crippen molar-refractivity contribution in [3.63, 3.8) is 0 Å². The van der Waals surface area contributed by atoms with Crippen LogP contribution in [-0.2, 0) is 4.79 Å². The summed E-state index contributed by atoms with van der Waals surface area (Å²) in [6, 6.07) is 9.62. The number of Topliss-reactive ketones (excluding diaryl/α,β-unsaturated/α-hetero) is 1. The Morgan fingerprint density at radius 3 is 2.26 bits per heavy atom. The lowest BCUT2D eigenvalue weighted by molar-refractivity contribution is -0.113. The van der Waals surface area contributed by atoms with Gasteiger partial charge in [0.15, 0.2) is 0 Å². The topological polar surface area (TPSA) is 17.1 Å². The summed E-state index contributed by atoms with van der Waals surface area (Å²) in [6.45, 7) is 0. The summed E-state index contributed by atoms with van der Waals surface area (Å²) in [4.78, 5) is 11.6. The number of unbranched alkanes of at least 4 members (excludes halogenated alkanes) is 5. The Morgan fingerprint density at radius 1 is 0.947 bits per heavy atom. The van der Waals surface area contributed by atoms with Gasteiger partial charge in [0.2, 0.25) is 5.78 Å². The third-order valence-electron chi connectivity index (χ3n) is 2.91. The lowest BCUT2D eigenvalue weighted by atomic mass is 10.1. The van der Waals surface area contributed by atoms with Crippen LogP contribution in [0.25, 0.3) is 0 Å². The molecule has 1 nitrogen and oxygen atoms in total. The smallest absolute Gasteiger partial charge is 0.205 e. The molecule has 0 bridgehead atoms. The molecule has 0 amide bonds. The SMILES string of the molecule is O=C(C#Cc1ccccc1)CCCCCCCCCl. The number of halogens is 1. The average Bonchev–Trinajstić information content (AvgIpc) is 2.45. The van der Waals surface area contributed by atoms with Gasteiger partial charge in [0.25, 0.3) is 0 Å². The maximum Gasteiger partial charge on any atom is 0.205 e. The first-order valence-corrected chi connectivity index (χ1v) is 7.52. The molecule has 0 aliphatic carbocycles. The molecule has 102 valence electrons. The van der Waals surface area contributed by atoms with Crippen molar-refractivity contribution in [3.8, 4) is 11.8 Å². The number of carbonyl (C=O) groups excluding carboxylic acids is 1. The predicted octanol–water partition coefficient (Wildman–Crippen LogP) is 4.58. The fourth-order valence-corrected chi connectivity index (χ4v) is 2.00. The first-order chi connectivity index (χ1) is 9.33. The molecular formula is C17H21ClO. The summed E-state index contributed by atoms with van der Waals surface area (Å²) >= 11 is 5.61. The van der Waals surface area contributed by atoms with Crippen LogP contribution in [0.2, 0.25) is 0 Å². The summed E-state index contributed by atoms with van der Waals surface area (Å²) < 4.78 is 0. The summed E-state index contributed by atoms with van der Waals surface area (Å²) in [5.41, 5.74) is 0.900. The van der Waals surface area contributed by atoms with E-state index in [4.69, 9.17) is 11.6 Å². The molecule has 0 fully saturated rings. The molecule has 0 unspecified atom stereocenters. The Hall–Kier alpha value is -1.26. The average molecular weight is 277 g/mol. The fourth-order valence-electron chi connectivity index (χ4n) is 1.81. The molecule has 19 heavy (non-hydrogen) atoms. The molecule has 0 spiro atoms. The normalized spacial score (nSPS) is 9.74. The lowest BCUT2D eigenvalue weighted by Crippen LogP contribution is -1.93. The Balaban J connectivity index is 2.10. The van der Waals surface area contributed by atoms with E-state index in [9.17, 15) is 4.79 Å². The van der Waals surface area contributed by atoms with Crippen molar-refractivity contribution in [2.24, 2.45) is 0 Å². The maximum atomic E-state index is 11.6. The number of hydrogen-bond donors (Lipinski definition) is 0. The van der Waals surface area contributed by atoms with Crippen molar-refractivity contribution < 1.29 is 4.79 Å². The largest absolute Gasteiger partial charge is 0.285 e. The molecule has 0 aliphatic rings. The van der Waals surface area contributed by atoms with Crippen LogP contribution in [-0.4, -0.2) is 11.7 Å². The monoisotopic (exact) mass is 276 g/mol. The zero-order valence-corrected chi connectivity index (χ0v) is 12.1. The molecule has 0 heterocycles. The summed E-state index contributed by atoms with van der Waals surface area (Å²) in [5.74, 6) is 6.41. The van der Waals surface area contributed by atoms with E-state index in [2.05, 4.69) is 11.8 Å². The van der Waals surface area contributed by atoms with Crippen LogP contribution in [0.4, 0.5) is 0 Å². The van der Waals surface area contributed by atoms with Gasteiger partial charge in [0.05, 0.1) is 0 Å². The minimum absolute atomic E-state index is 0.0459. The molecular weight excluding hydrogens is 256 g/mol. The Labute approximate surface area is 121 Å². The van der Waals surface area contributed by atoms with Crippen LogP contribution in [0.5, 0.6) is 0 Å². The second-order valence-corrected chi connectivity index (χ2v) is 4.98. The first-order valence-electron chi connectivity index (χ1n) is 6.99. The minimum Gasteiger partial charge on any atom is -0.285 e. The Morgan fingerprint density at radius 2 is 1.58 bits per heavy atom. The van der Waals surface area contributed by atoms with Gasteiger partial charge in [-0.3, -0.25) is 4.79 Å². The van der Waals surface area contributed by atoms with E-state index in [1.807, 2.05) is 30.3 Å². The van der Waals surface area contributed by atoms with E-state index in [0.717, 1.165) is 30.7 Å². The molecule has 0 aliphatic heterocycles. The molecule has 0 atom stereocenters. The fraction of sp³-hybridized carbons (Fsp3) is 0.471. The quantitative estimate of drug-likeness (QED) is 0.386. The zero-order valence-electron chi connectivity index (χ0n) is 11.3. The van der Waals surface area contributed by atoms with Gasteiger partial charge in [-0.25, -0.2) is 0 Å². The highest BCUT2D eigenvalue weighted by molar-refractivity contribution is 6.17. The van der Waals surface area contributed by atoms with Crippen LogP contribution < -0.4 is 0 Å². The maximum absolute atomic E-state index is 11.6. The lowest BCUT2D eigenvalue weighted by Gasteiger charge is -1.98. The number of benzene rings is 1. The van der Waals surface area contributed by atoms with Crippen molar-refractivity contribution in [3.05, 3.63) is 35.9 Å². The van der Waals surface area contributed by atoms with Crippen molar-refractivity contribution in [2.75, 3.05) is 5.88 Å². The van der Waals surface area contributed by atoms with Crippen LogP contribution >= 0.6 is 11.6 Å². The molecule has 0 radical (unpaired) electrons. The molecule has 1 aromatic rings. The third kappa shape index (κ3) is 8.46. The van der Waals surface area contributed by atoms with Crippen LogP contribution in [0.1, 0.15) is 50.5 Å². The van der Waals surface area contributed by atoms with Crippen molar-refractivity contribution in [2.45, 2.75) is 44.9 Å². The van der Waals surface area contributed by atoms with Gasteiger partial charge in [-0.05, 0) is 30.9 Å². The van der Waals surface area contributed by atoms with E-state index in [1.54, 1.807) is 0 Å². The van der Waals surface area contributed by atoms with Crippen LogP contribution in [0.15, 0.2) is 30.3 Å². The van der Waals surface area contributed by atoms with E-state index in [0.29, 0.717) is 6.42 Å². The summed E-state index contributed by atoms with van der Waals surface area (Å²) in [7, 11) is 0. The molecule has 0 saturated heterocycles. The highest BCUT2D eigenvalue weighted by atomic mass is 35.5. The molecule has 2 heteroatoms. The number of ketones is 1. The second-order valence-electron chi connectivity index (χ2n) is 4.60. The summed E-state index contributed by atoms with van der Waals surface area (Å²) in [5, 5.41) is 0. The third-order valence-corrected chi connectivity index (χ3v) is 3.17. The number of alkyl halides is 1. The van der Waals surface area contributed by atoms with Gasteiger partial charge < -0.3 is 0 Å². The van der Waals surface area contributed by atoms with Crippen LogP contribution in [0.3, 0.4) is 0 Å². The second kappa shape index (κ2) is 10.6. The van der Waals surface area contributed by atoms with E-state index in [1.165, 1.54) is 19.3 Å². The van der Waals surface area contributed by atoms with Gasteiger partial charge in [0.1, 0.15) is 0 Å². The van der Waals surface area contributed by atoms with Crippen molar-refractivity contribution in [1.82, 2.24) is 0 Å². The van der Waals surface area contributed by atoms with E-state index < -0.39 is 0 Å². The zero-order chi connectivity index (χ0) is 13.8. The first kappa shape index (κ1) is 15.8. The van der Waals surface area contributed by atoms with Gasteiger partial charge in [0, 0.05) is 17.9 Å². The number of carbonyl (C=O) groups is 1. The van der Waals surface area contributed by atoms with E-state index >= 15 is 0 Å².